The number of benzene rings is 1. The Bertz CT molecular complexity index is 636. The van der Waals surface area contributed by atoms with Crippen LogP contribution in [0.2, 0.25) is 5.15 Å². The molecule has 3 rings (SSSR count). The zero-order valence-corrected chi connectivity index (χ0v) is 12.1. The molecule has 2 aromatic rings. The van der Waals surface area contributed by atoms with Crippen molar-refractivity contribution < 1.29 is 4.39 Å². The molecule has 2 nitrogen and oxygen atoms in total. The summed E-state index contributed by atoms with van der Waals surface area (Å²) in [5.41, 5.74) is 2.68. The topological polar surface area (TPSA) is 25.8 Å². The second kappa shape index (κ2) is 5.49. The van der Waals surface area contributed by atoms with Crippen LogP contribution in [0, 0.1) is 12.7 Å². The lowest BCUT2D eigenvalue weighted by Crippen LogP contribution is -2.01. The van der Waals surface area contributed by atoms with Gasteiger partial charge in [0.05, 0.1) is 0 Å². The van der Waals surface area contributed by atoms with Gasteiger partial charge in [0, 0.05) is 17.2 Å². The van der Waals surface area contributed by atoms with Gasteiger partial charge >= 0.3 is 0 Å². The molecule has 0 atom stereocenters. The van der Waals surface area contributed by atoms with Crippen molar-refractivity contribution in [2.24, 2.45) is 0 Å². The van der Waals surface area contributed by atoms with Crippen LogP contribution in [0.5, 0.6) is 0 Å². The largest absolute Gasteiger partial charge is 0.233 e. The summed E-state index contributed by atoms with van der Waals surface area (Å²) in [6.07, 6.45) is 4.82. The molecule has 1 heterocycles. The summed E-state index contributed by atoms with van der Waals surface area (Å²) in [4.78, 5) is 8.96. The summed E-state index contributed by atoms with van der Waals surface area (Å²) in [5, 5.41) is 0.459. The Kier molecular flexibility index (Phi) is 3.70. The number of hydrogen-bond donors (Lipinski definition) is 0. The molecule has 1 aromatic heterocycles. The molecule has 1 fully saturated rings. The van der Waals surface area contributed by atoms with E-state index in [1.807, 2.05) is 13.0 Å². The van der Waals surface area contributed by atoms with Gasteiger partial charge in [0.1, 0.15) is 11.0 Å². The molecule has 0 spiro atoms. The first-order valence-electron chi connectivity index (χ1n) is 6.94. The van der Waals surface area contributed by atoms with E-state index in [1.165, 1.54) is 25.0 Å². The molecule has 0 saturated heterocycles. The SMILES string of the molecule is Cc1cc(F)ccc1-c1nc(Cl)cc(C2CCCC2)n1. The fraction of sp³-hybridized carbons (Fsp3) is 0.375. The van der Waals surface area contributed by atoms with Gasteiger partial charge < -0.3 is 0 Å². The van der Waals surface area contributed by atoms with Crippen LogP contribution in [-0.2, 0) is 0 Å². The van der Waals surface area contributed by atoms with Gasteiger partial charge in [0.15, 0.2) is 5.82 Å². The predicted molar refractivity (Wildman–Crippen MR) is 78.4 cm³/mol. The van der Waals surface area contributed by atoms with Gasteiger partial charge in [-0.3, -0.25) is 0 Å². The maximum Gasteiger partial charge on any atom is 0.161 e. The molecule has 0 unspecified atom stereocenters. The summed E-state index contributed by atoms with van der Waals surface area (Å²) < 4.78 is 13.2. The summed E-state index contributed by atoms with van der Waals surface area (Å²) in [7, 11) is 0. The smallest absolute Gasteiger partial charge is 0.161 e. The molecular weight excluding hydrogens is 275 g/mol. The minimum atomic E-state index is -0.246. The fourth-order valence-electron chi connectivity index (χ4n) is 2.86. The van der Waals surface area contributed by atoms with Crippen molar-refractivity contribution in [1.29, 1.82) is 0 Å². The zero-order valence-electron chi connectivity index (χ0n) is 11.4. The molecule has 4 heteroatoms. The van der Waals surface area contributed by atoms with E-state index < -0.39 is 0 Å². The molecule has 0 N–H and O–H groups in total. The van der Waals surface area contributed by atoms with Crippen molar-refractivity contribution in [2.75, 3.05) is 0 Å². The van der Waals surface area contributed by atoms with Crippen LogP contribution in [0.3, 0.4) is 0 Å². The van der Waals surface area contributed by atoms with Crippen molar-refractivity contribution in [2.45, 2.75) is 38.5 Å². The van der Waals surface area contributed by atoms with Crippen molar-refractivity contribution in [1.82, 2.24) is 9.97 Å². The van der Waals surface area contributed by atoms with E-state index >= 15 is 0 Å². The minimum Gasteiger partial charge on any atom is -0.233 e. The first-order valence-corrected chi connectivity index (χ1v) is 7.32. The van der Waals surface area contributed by atoms with E-state index in [9.17, 15) is 4.39 Å². The lowest BCUT2D eigenvalue weighted by molar-refractivity contribution is 0.627. The monoisotopic (exact) mass is 290 g/mol. The Labute approximate surface area is 123 Å². The maximum absolute atomic E-state index is 13.2. The Morgan fingerprint density at radius 3 is 2.60 bits per heavy atom. The maximum atomic E-state index is 13.2. The Morgan fingerprint density at radius 2 is 1.90 bits per heavy atom. The molecule has 0 amide bonds. The predicted octanol–water partition coefficient (Wildman–Crippen LogP) is 4.90. The van der Waals surface area contributed by atoms with Gasteiger partial charge in [-0.05, 0) is 49.6 Å². The van der Waals surface area contributed by atoms with Gasteiger partial charge in [0.2, 0.25) is 0 Å². The van der Waals surface area contributed by atoms with E-state index in [0.29, 0.717) is 16.9 Å². The van der Waals surface area contributed by atoms with Crippen molar-refractivity contribution in [3.63, 3.8) is 0 Å². The third-order valence-electron chi connectivity index (χ3n) is 3.92. The van der Waals surface area contributed by atoms with Crippen LogP contribution >= 0.6 is 11.6 Å². The highest BCUT2D eigenvalue weighted by Crippen LogP contribution is 2.34. The molecule has 1 aromatic carbocycles. The van der Waals surface area contributed by atoms with Crippen LogP contribution in [0.25, 0.3) is 11.4 Å². The number of aromatic nitrogens is 2. The average Bonchev–Trinajstić information content (AvgIpc) is 2.91. The first kappa shape index (κ1) is 13.5. The molecule has 104 valence electrons. The van der Waals surface area contributed by atoms with E-state index in [2.05, 4.69) is 9.97 Å². The lowest BCUT2D eigenvalue weighted by Gasteiger charge is -2.11. The van der Waals surface area contributed by atoms with E-state index in [1.54, 1.807) is 6.07 Å². The molecule has 1 aliphatic carbocycles. The third kappa shape index (κ3) is 2.68. The number of aryl methyl sites for hydroxylation is 1. The fourth-order valence-corrected chi connectivity index (χ4v) is 3.06. The van der Waals surface area contributed by atoms with Crippen molar-refractivity contribution in [3.05, 3.63) is 46.5 Å². The van der Waals surface area contributed by atoms with Crippen LogP contribution in [0.1, 0.15) is 42.9 Å². The minimum absolute atomic E-state index is 0.246. The molecule has 0 radical (unpaired) electrons. The van der Waals surface area contributed by atoms with E-state index in [0.717, 1.165) is 29.7 Å². The van der Waals surface area contributed by atoms with Gasteiger partial charge in [-0.25, -0.2) is 14.4 Å². The number of halogens is 2. The number of nitrogens with zero attached hydrogens (tertiary/aromatic N) is 2. The molecular formula is C16H16ClFN2. The number of hydrogen-bond acceptors (Lipinski definition) is 2. The third-order valence-corrected chi connectivity index (χ3v) is 4.11. The van der Waals surface area contributed by atoms with Crippen LogP contribution < -0.4 is 0 Å². The highest BCUT2D eigenvalue weighted by Gasteiger charge is 2.20. The Morgan fingerprint density at radius 1 is 1.15 bits per heavy atom. The van der Waals surface area contributed by atoms with Gasteiger partial charge in [-0.1, -0.05) is 24.4 Å². The summed E-state index contributed by atoms with van der Waals surface area (Å²) in [6, 6.07) is 6.51. The standard InChI is InChI=1S/C16H16ClFN2/c1-10-8-12(18)6-7-13(10)16-19-14(9-15(17)20-16)11-4-2-3-5-11/h6-9,11H,2-5H2,1H3. The highest BCUT2D eigenvalue weighted by molar-refractivity contribution is 6.29. The molecule has 0 aliphatic heterocycles. The Balaban J connectivity index is 2.04. The second-order valence-corrected chi connectivity index (χ2v) is 5.77. The normalized spacial score (nSPS) is 15.8. The summed E-state index contributed by atoms with van der Waals surface area (Å²) >= 11 is 6.14. The first-order chi connectivity index (χ1) is 9.63. The molecule has 20 heavy (non-hydrogen) atoms. The van der Waals surface area contributed by atoms with Gasteiger partial charge in [-0.2, -0.15) is 0 Å². The molecule has 0 bridgehead atoms. The molecule has 1 aliphatic rings. The van der Waals surface area contributed by atoms with Crippen LogP contribution in [0.15, 0.2) is 24.3 Å². The van der Waals surface area contributed by atoms with Gasteiger partial charge in [-0.15, -0.1) is 0 Å². The zero-order chi connectivity index (χ0) is 14.1. The van der Waals surface area contributed by atoms with E-state index in [-0.39, 0.29) is 5.82 Å². The van der Waals surface area contributed by atoms with Crippen molar-refractivity contribution in [3.8, 4) is 11.4 Å². The summed E-state index contributed by atoms with van der Waals surface area (Å²) in [6.45, 7) is 1.86. The lowest BCUT2D eigenvalue weighted by atomic mass is 10.0. The Hall–Kier alpha value is -1.48. The summed E-state index contributed by atoms with van der Waals surface area (Å²) in [5.74, 6) is 0.830. The quantitative estimate of drug-likeness (QED) is 0.735. The number of rotatable bonds is 2. The average molecular weight is 291 g/mol. The van der Waals surface area contributed by atoms with Crippen molar-refractivity contribution >= 4 is 11.6 Å². The van der Waals surface area contributed by atoms with Gasteiger partial charge in [0.25, 0.3) is 0 Å². The van der Waals surface area contributed by atoms with Crippen LogP contribution in [0.4, 0.5) is 4.39 Å². The second-order valence-electron chi connectivity index (χ2n) is 5.38. The van der Waals surface area contributed by atoms with Crippen LogP contribution in [-0.4, -0.2) is 9.97 Å². The van der Waals surface area contributed by atoms with E-state index in [4.69, 9.17) is 11.6 Å². The highest BCUT2D eigenvalue weighted by atomic mass is 35.5. The molecule has 1 saturated carbocycles.